The minimum Gasteiger partial charge on any atom is -0.486 e. The first-order valence-corrected chi connectivity index (χ1v) is 5.21. The Kier molecular flexibility index (Phi) is 2.40. The molecule has 0 fully saturated rings. The third kappa shape index (κ3) is 1.82. The standard InChI is InChI=1S/C11H13ClFNO/c1-11(2)5-8(14)6-3-4-7(13)9(12)10(6)15-11/h3-4,8H,5,14H2,1-2H3. The molecule has 0 aromatic heterocycles. The third-order valence-corrected chi connectivity index (χ3v) is 2.92. The van der Waals surface area contributed by atoms with Gasteiger partial charge < -0.3 is 10.5 Å². The maximum atomic E-state index is 13.2. The zero-order chi connectivity index (χ0) is 11.2. The van der Waals surface area contributed by atoms with Gasteiger partial charge in [0.15, 0.2) is 0 Å². The first-order valence-electron chi connectivity index (χ1n) is 4.83. The predicted molar refractivity (Wildman–Crippen MR) is 57.7 cm³/mol. The molecule has 0 bridgehead atoms. The fourth-order valence-corrected chi connectivity index (χ4v) is 2.11. The molecule has 1 atom stereocenters. The van der Waals surface area contributed by atoms with Gasteiger partial charge in [-0.1, -0.05) is 17.7 Å². The number of rotatable bonds is 0. The summed E-state index contributed by atoms with van der Waals surface area (Å²) >= 11 is 5.85. The zero-order valence-electron chi connectivity index (χ0n) is 8.68. The van der Waals surface area contributed by atoms with Gasteiger partial charge in [0.05, 0.1) is 0 Å². The molecule has 1 aromatic rings. The van der Waals surface area contributed by atoms with E-state index >= 15 is 0 Å². The highest BCUT2D eigenvalue weighted by molar-refractivity contribution is 6.32. The van der Waals surface area contributed by atoms with Crippen LogP contribution in [-0.4, -0.2) is 5.60 Å². The quantitative estimate of drug-likeness (QED) is 0.742. The van der Waals surface area contributed by atoms with E-state index in [9.17, 15) is 4.39 Å². The lowest BCUT2D eigenvalue weighted by Crippen LogP contribution is -2.37. The van der Waals surface area contributed by atoms with Gasteiger partial charge in [-0.05, 0) is 19.9 Å². The Morgan fingerprint density at radius 1 is 1.53 bits per heavy atom. The van der Waals surface area contributed by atoms with Crippen LogP contribution in [0.2, 0.25) is 5.02 Å². The molecule has 1 aliphatic rings. The molecule has 0 amide bonds. The average molecular weight is 230 g/mol. The van der Waals surface area contributed by atoms with Crippen LogP contribution >= 0.6 is 11.6 Å². The van der Waals surface area contributed by atoms with Crippen molar-refractivity contribution in [1.82, 2.24) is 0 Å². The topological polar surface area (TPSA) is 35.2 Å². The Bertz CT molecular complexity index is 406. The summed E-state index contributed by atoms with van der Waals surface area (Å²) in [4.78, 5) is 0. The molecule has 4 heteroatoms. The molecule has 1 unspecified atom stereocenters. The lowest BCUT2D eigenvalue weighted by atomic mass is 9.90. The highest BCUT2D eigenvalue weighted by Gasteiger charge is 2.33. The fourth-order valence-electron chi connectivity index (χ4n) is 1.90. The Balaban J connectivity index is 2.56. The van der Waals surface area contributed by atoms with Gasteiger partial charge in [0.1, 0.15) is 22.2 Å². The van der Waals surface area contributed by atoms with Gasteiger partial charge >= 0.3 is 0 Å². The van der Waals surface area contributed by atoms with Gasteiger partial charge in [-0.25, -0.2) is 4.39 Å². The van der Waals surface area contributed by atoms with Crippen LogP contribution in [0.3, 0.4) is 0 Å². The van der Waals surface area contributed by atoms with E-state index in [4.69, 9.17) is 22.1 Å². The molecule has 2 N–H and O–H groups in total. The molecule has 1 aliphatic heterocycles. The molecule has 0 radical (unpaired) electrons. The second kappa shape index (κ2) is 3.35. The van der Waals surface area contributed by atoms with Crippen LogP contribution < -0.4 is 10.5 Å². The van der Waals surface area contributed by atoms with Crippen LogP contribution in [-0.2, 0) is 0 Å². The van der Waals surface area contributed by atoms with Crippen molar-refractivity contribution in [2.75, 3.05) is 0 Å². The third-order valence-electron chi connectivity index (χ3n) is 2.57. The second-order valence-corrected chi connectivity index (χ2v) is 4.83. The van der Waals surface area contributed by atoms with Crippen LogP contribution in [0.1, 0.15) is 31.9 Å². The lowest BCUT2D eigenvalue weighted by molar-refractivity contribution is 0.0725. The number of fused-ring (bicyclic) bond motifs is 1. The van der Waals surface area contributed by atoms with Gasteiger partial charge in [0.2, 0.25) is 0 Å². The van der Waals surface area contributed by atoms with Crippen molar-refractivity contribution < 1.29 is 9.13 Å². The number of hydrogen-bond donors (Lipinski definition) is 1. The predicted octanol–water partition coefficient (Wildman–Crippen LogP) is 3.04. The van der Waals surface area contributed by atoms with E-state index in [1.54, 1.807) is 6.07 Å². The number of nitrogens with two attached hydrogens (primary N) is 1. The summed E-state index contributed by atoms with van der Waals surface area (Å²) < 4.78 is 18.9. The SMILES string of the molecule is CC1(C)CC(N)c2ccc(F)c(Cl)c2O1. The molecule has 0 aliphatic carbocycles. The maximum Gasteiger partial charge on any atom is 0.146 e. The Morgan fingerprint density at radius 3 is 2.87 bits per heavy atom. The minimum absolute atomic E-state index is 0.0238. The number of halogens is 2. The molecule has 1 heterocycles. The average Bonchev–Trinajstić information content (AvgIpc) is 2.10. The van der Waals surface area contributed by atoms with E-state index in [-0.39, 0.29) is 11.1 Å². The monoisotopic (exact) mass is 229 g/mol. The van der Waals surface area contributed by atoms with Gasteiger partial charge in [-0.3, -0.25) is 0 Å². The molecule has 82 valence electrons. The zero-order valence-corrected chi connectivity index (χ0v) is 9.44. The van der Waals surface area contributed by atoms with Gasteiger partial charge in [0, 0.05) is 18.0 Å². The molecule has 2 rings (SSSR count). The molecule has 0 saturated carbocycles. The second-order valence-electron chi connectivity index (χ2n) is 4.45. The minimum atomic E-state index is -0.472. The van der Waals surface area contributed by atoms with E-state index in [0.29, 0.717) is 12.2 Å². The van der Waals surface area contributed by atoms with E-state index in [0.717, 1.165) is 5.56 Å². The first kappa shape index (κ1) is 10.7. The maximum absolute atomic E-state index is 13.2. The van der Waals surface area contributed by atoms with Crippen LogP contribution in [0, 0.1) is 5.82 Å². The van der Waals surface area contributed by atoms with Crippen molar-refractivity contribution in [3.05, 3.63) is 28.5 Å². The summed E-state index contributed by atoms with van der Waals surface area (Å²) in [5, 5.41) is 0.0238. The largest absolute Gasteiger partial charge is 0.486 e. The molecule has 1 aromatic carbocycles. The van der Waals surface area contributed by atoms with E-state index in [2.05, 4.69) is 0 Å². The van der Waals surface area contributed by atoms with Crippen LogP contribution in [0.15, 0.2) is 12.1 Å². The van der Waals surface area contributed by atoms with E-state index in [1.807, 2.05) is 13.8 Å². The summed E-state index contributed by atoms with van der Waals surface area (Å²) in [5.74, 6) is -0.0827. The summed E-state index contributed by atoms with van der Waals surface area (Å²) in [6.45, 7) is 3.83. The Labute approximate surface area is 93.2 Å². The van der Waals surface area contributed by atoms with Crippen molar-refractivity contribution in [1.29, 1.82) is 0 Å². The summed E-state index contributed by atoms with van der Waals surface area (Å²) in [6.07, 6.45) is 0.696. The normalized spacial score (nSPS) is 23.1. The molecular formula is C11H13ClFNO. The van der Waals surface area contributed by atoms with E-state index in [1.165, 1.54) is 6.07 Å². The van der Waals surface area contributed by atoms with Crippen LogP contribution in [0.4, 0.5) is 4.39 Å². The fraction of sp³-hybridized carbons (Fsp3) is 0.455. The molecule has 0 saturated heterocycles. The highest BCUT2D eigenvalue weighted by atomic mass is 35.5. The summed E-state index contributed by atoms with van der Waals surface area (Å²) in [7, 11) is 0. The van der Waals surface area contributed by atoms with Gasteiger partial charge in [-0.15, -0.1) is 0 Å². The van der Waals surface area contributed by atoms with Crippen LogP contribution in [0.25, 0.3) is 0 Å². The molecular weight excluding hydrogens is 217 g/mol. The molecule has 0 spiro atoms. The number of hydrogen-bond acceptors (Lipinski definition) is 2. The Morgan fingerprint density at radius 2 is 2.20 bits per heavy atom. The van der Waals surface area contributed by atoms with Crippen molar-refractivity contribution in [3.63, 3.8) is 0 Å². The van der Waals surface area contributed by atoms with Crippen LogP contribution in [0.5, 0.6) is 5.75 Å². The molecule has 2 nitrogen and oxygen atoms in total. The Hall–Kier alpha value is -0.800. The van der Waals surface area contributed by atoms with Gasteiger partial charge in [0.25, 0.3) is 0 Å². The van der Waals surface area contributed by atoms with E-state index < -0.39 is 11.4 Å². The van der Waals surface area contributed by atoms with Crippen molar-refractivity contribution in [2.45, 2.75) is 31.9 Å². The van der Waals surface area contributed by atoms with Crippen molar-refractivity contribution in [2.24, 2.45) is 5.73 Å². The summed E-state index contributed by atoms with van der Waals surface area (Å²) in [6, 6.07) is 2.81. The first-order chi connectivity index (χ1) is 6.91. The number of benzene rings is 1. The molecule has 15 heavy (non-hydrogen) atoms. The smallest absolute Gasteiger partial charge is 0.146 e. The summed E-state index contributed by atoms with van der Waals surface area (Å²) in [5.41, 5.74) is 6.36. The highest BCUT2D eigenvalue weighted by Crippen LogP contribution is 2.43. The van der Waals surface area contributed by atoms with Crippen molar-refractivity contribution in [3.8, 4) is 5.75 Å². The number of ether oxygens (including phenoxy) is 1. The van der Waals surface area contributed by atoms with Crippen molar-refractivity contribution >= 4 is 11.6 Å². The van der Waals surface area contributed by atoms with Gasteiger partial charge in [-0.2, -0.15) is 0 Å². The lowest BCUT2D eigenvalue weighted by Gasteiger charge is -2.36.